The summed E-state index contributed by atoms with van der Waals surface area (Å²) in [7, 11) is 0. The van der Waals surface area contributed by atoms with Gasteiger partial charge < -0.3 is 15.7 Å². The number of carbonyl (C=O) groups is 2. The molecule has 7 nitrogen and oxygen atoms in total. The molecule has 0 aliphatic heterocycles. The van der Waals surface area contributed by atoms with Crippen molar-refractivity contribution in [2.45, 2.75) is 23.9 Å². The molecule has 2 amide bonds. The summed E-state index contributed by atoms with van der Waals surface area (Å²) in [4.78, 5) is 28.9. The van der Waals surface area contributed by atoms with Gasteiger partial charge in [-0.15, -0.1) is 0 Å². The molecule has 4 rings (SSSR count). The van der Waals surface area contributed by atoms with Gasteiger partial charge in [-0.05, 0) is 71.0 Å². The van der Waals surface area contributed by atoms with E-state index >= 15 is 0 Å². The first-order valence-corrected chi connectivity index (χ1v) is 12.7. The number of aliphatic carboxylic acids is 1. The van der Waals surface area contributed by atoms with Gasteiger partial charge in [0.05, 0.1) is 5.02 Å². The van der Waals surface area contributed by atoms with Crippen LogP contribution in [0, 0.1) is 0 Å². The smallest absolute Gasteiger partial charge is 0.321 e. The van der Waals surface area contributed by atoms with Crippen LogP contribution in [0.1, 0.15) is 11.1 Å². The number of amides is 2. The zero-order valence-corrected chi connectivity index (χ0v) is 21.3. The fourth-order valence-corrected chi connectivity index (χ4v) is 4.56. The van der Waals surface area contributed by atoms with E-state index in [-0.39, 0.29) is 6.03 Å². The van der Waals surface area contributed by atoms with Crippen LogP contribution in [0.2, 0.25) is 5.02 Å². The summed E-state index contributed by atoms with van der Waals surface area (Å²) >= 11 is 7.37. The number of benzene rings is 3. The van der Waals surface area contributed by atoms with Gasteiger partial charge in [0.2, 0.25) is 0 Å². The van der Waals surface area contributed by atoms with Crippen LogP contribution in [0.5, 0.6) is 0 Å². The molecule has 0 radical (unpaired) electrons. The maximum absolute atomic E-state index is 12.3. The number of pyridine rings is 1. The van der Waals surface area contributed by atoms with Gasteiger partial charge in [-0.25, -0.2) is 9.52 Å². The molecule has 0 saturated heterocycles. The summed E-state index contributed by atoms with van der Waals surface area (Å²) in [5.41, 5.74) is 4.34. The van der Waals surface area contributed by atoms with E-state index in [1.54, 1.807) is 18.5 Å². The van der Waals surface area contributed by atoms with Crippen molar-refractivity contribution in [1.82, 2.24) is 15.0 Å². The fraction of sp³-hybridized carbons (Fsp3) is 0.107. The highest BCUT2D eigenvalue weighted by Crippen LogP contribution is 2.26. The third-order valence-corrected chi connectivity index (χ3v) is 6.89. The lowest BCUT2D eigenvalue weighted by atomic mass is 10.0. The predicted octanol–water partition coefficient (Wildman–Crippen LogP) is 6.02. The zero-order valence-electron chi connectivity index (χ0n) is 19.7. The Morgan fingerprint density at radius 1 is 0.919 bits per heavy atom. The molecule has 4 N–H and O–H groups in total. The molecule has 1 aromatic heterocycles. The summed E-state index contributed by atoms with van der Waals surface area (Å²) < 4.78 is 3.00. The summed E-state index contributed by atoms with van der Waals surface area (Å²) in [6, 6.07) is 25.1. The van der Waals surface area contributed by atoms with E-state index in [0.29, 0.717) is 23.7 Å². The second-order valence-electron chi connectivity index (χ2n) is 8.19. The second-order valence-corrected chi connectivity index (χ2v) is 9.48. The molecule has 0 aliphatic rings. The number of rotatable bonds is 10. The van der Waals surface area contributed by atoms with Crippen LogP contribution < -0.4 is 15.4 Å². The summed E-state index contributed by atoms with van der Waals surface area (Å²) in [5.74, 6) is -0.941. The number of carboxylic acids is 1. The highest BCUT2D eigenvalue weighted by Gasteiger charge is 2.18. The lowest BCUT2D eigenvalue weighted by Crippen LogP contribution is -2.34. The van der Waals surface area contributed by atoms with Gasteiger partial charge in [0.25, 0.3) is 0 Å². The van der Waals surface area contributed by atoms with Crippen LogP contribution in [-0.4, -0.2) is 28.1 Å². The van der Waals surface area contributed by atoms with Crippen molar-refractivity contribution in [1.29, 1.82) is 0 Å². The molecule has 1 atom stereocenters. The molecule has 0 spiro atoms. The van der Waals surface area contributed by atoms with Gasteiger partial charge in [0, 0.05) is 29.5 Å². The van der Waals surface area contributed by atoms with Crippen LogP contribution in [0.3, 0.4) is 0 Å². The van der Waals surface area contributed by atoms with Crippen LogP contribution >= 0.6 is 23.5 Å². The lowest BCUT2D eigenvalue weighted by Gasteiger charge is -2.15. The van der Waals surface area contributed by atoms with Crippen molar-refractivity contribution in [2.24, 2.45) is 0 Å². The Morgan fingerprint density at radius 3 is 2.46 bits per heavy atom. The first-order valence-electron chi connectivity index (χ1n) is 11.5. The highest BCUT2D eigenvalue weighted by atomic mass is 35.5. The quantitative estimate of drug-likeness (QED) is 0.186. The Hall–Kier alpha value is -3.85. The average Bonchev–Trinajstić information content (AvgIpc) is 2.91. The third-order valence-electron chi connectivity index (χ3n) is 5.47. The summed E-state index contributed by atoms with van der Waals surface area (Å²) in [6.07, 6.45) is 3.70. The number of nitrogens with zero attached hydrogens (tertiary/aromatic N) is 1. The van der Waals surface area contributed by atoms with Crippen LogP contribution in [0.4, 0.5) is 10.5 Å². The Balaban J connectivity index is 1.35. The van der Waals surface area contributed by atoms with Gasteiger partial charge in [-0.3, -0.25) is 9.78 Å². The molecule has 0 bridgehead atoms. The summed E-state index contributed by atoms with van der Waals surface area (Å²) in [5, 5.41) is 15.9. The minimum atomic E-state index is -0.941. The molecule has 1 heterocycles. The van der Waals surface area contributed by atoms with Gasteiger partial charge in [0.1, 0.15) is 6.04 Å². The molecule has 1 unspecified atom stereocenters. The Morgan fingerprint density at radius 2 is 1.73 bits per heavy atom. The van der Waals surface area contributed by atoms with E-state index in [9.17, 15) is 14.7 Å². The molecule has 188 valence electrons. The molecular formula is C28H25ClN4O3S. The zero-order chi connectivity index (χ0) is 26.0. The topological polar surface area (TPSA) is 103 Å². The molecule has 0 fully saturated rings. The number of anilines is 1. The number of hydrogen-bond acceptors (Lipinski definition) is 5. The standard InChI is InChI=1S/C28H25ClN4O3S/c29-24-8-1-2-9-26(24)37-33-25(27(34)35)15-19-10-12-21(13-11-19)22-6-3-7-23(16-22)32-28(36)31-18-20-5-4-14-30-17-20/h1-14,16-17,25,33H,15,18H2,(H,34,35)(H2,31,32,36). The first-order chi connectivity index (χ1) is 18.0. The molecule has 0 aliphatic carbocycles. The number of urea groups is 1. The lowest BCUT2D eigenvalue weighted by molar-refractivity contribution is -0.138. The first kappa shape index (κ1) is 26.2. The van der Waals surface area contributed by atoms with E-state index in [0.717, 1.165) is 27.1 Å². The van der Waals surface area contributed by atoms with Crippen molar-refractivity contribution in [2.75, 3.05) is 5.32 Å². The molecule has 37 heavy (non-hydrogen) atoms. The van der Waals surface area contributed by atoms with Gasteiger partial charge in [-0.2, -0.15) is 0 Å². The molecule has 0 saturated carbocycles. The number of hydrogen-bond donors (Lipinski definition) is 4. The van der Waals surface area contributed by atoms with Crippen LogP contribution in [0.15, 0.2) is 102 Å². The number of aromatic nitrogens is 1. The Bertz CT molecular complexity index is 1350. The number of halogens is 1. The predicted molar refractivity (Wildman–Crippen MR) is 148 cm³/mol. The van der Waals surface area contributed by atoms with Crippen molar-refractivity contribution < 1.29 is 14.7 Å². The maximum Gasteiger partial charge on any atom is 0.321 e. The highest BCUT2D eigenvalue weighted by molar-refractivity contribution is 7.97. The molecule has 3 aromatic carbocycles. The number of carbonyl (C=O) groups excluding carboxylic acids is 1. The van der Waals surface area contributed by atoms with Crippen molar-refractivity contribution >= 4 is 41.2 Å². The molecule has 4 aromatic rings. The second kappa shape index (κ2) is 12.9. The van der Waals surface area contributed by atoms with Crippen molar-refractivity contribution in [3.8, 4) is 11.1 Å². The monoisotopic (exact) mass is 532 g/mol. The normalized spacial score (nSPS) is 11.5. The van der Waals surface area contributed by atoms with E-state index in [1.807, 2.05) is 78.9 Å². The molecule has 9 heteroatoms. The van der Waals surface area contributed by atoms with E-state index in [1.165, 1.54) is 11.9 Å². The SMILES string of the molecule is O=C(NCc1cccnc1)Nc1cccc(-c2ccc(CC(NSc3ccccc3Cl)C(=O)O)cc2)c1. The maximum atomic E-state index is 12.3. The Kier molecular flexibility index (Phi) is 9.15. The van der Waals surface area contributed by atoms with Crippen molar-refractivity contribution in [3.63, 3.8) is 0 Å². The van der Waals surface area contributed by atoms with Gasteiger partial charge >= 0.3 is 12.0 Å². The van der Waals surface area contributed by atoms with Crippen molar-refractivity contribution in [3.05, 3.63) is 113 Å². The van der Waals surface area contributed by atoms with Crippen LogP contribution in [-0.2, 0) is 17.8 Å². The number of nitrogens with one attached hydrogen (secondary N) is 3. The minimum Gasteiger partial charge on any atom is -0.480 e. The minimum absolute atomic E-state index is 0.307. The Labute approximate surface area is 224 Å². The van der Waals surface area contributed by atoms with E-state index < -0.39 is 12.0 Å². The fourth-order valence-electron chi connectivity index (χ4n) is 3.55. The van der Waals surface area contributed by atoms with Gasteiger partial charge in [-0.1, -0.05) is 66.2 Å². The largest absolute Gasteiger partial charge is 0.480 e. The third kappa shape index (κ3) is 7.82. The average molecular weight is 533 g/mol. The van der Waals surface area contributed by atoms with Crippen LogP contribution in [0.25, 0.3) is 11.1 Å². The van der Waals surface area contributed by atoms with E-state index in [4.69, 9.17) is 11.6 Å². The molecular weight excluding hydrogens is 508 g/mol. The van der Waals surface area contributed by atoms with E-state index in [2.05, 4.69) is 20.3 Å². The summed E-state index contributed by atoms with van der Waals surface area (Å²) in [6.45, 7) is 0.379. The van der Waals surface area contributed by atoms with Gasteiger partial charge in [0.15, 0.2) is 0 Å². The number of carboxylic acid groups (broad SMARTS) is 1.